The number of carbonyl (C=O) groups is 2. The molecule has 0 rings (SSSR count). The lowest BCUT2D eigenvalue weighted by Gasteiger charge is -2.22. The van der Waals surface area contributed by atoms with Gasteiger partial charge in [0.25, 0.3) is 0 Å². The molecular weight excluding hydrogens is 267 g/mol. The van der Waals surface area contributed by atoms with Gasteiger partial charge in [0.15, 0.2) is 0 Å². The zero-order valence-electron chi connectivity index (χ0n) is 11.3. The van der Waals surface area contributed by atoms with Gasteiger partial charge in [-0.25, -0.2) is 4.79 Å². The monoisotopic (exact) mass is 285 g/mol. The van der Waals surface area contributed by atoms with Crippen LogP contribution in [-0.4, -0.2) is 42.9 Å². The van der Waals surface area contributed by atoms with Gasteiger partial charge in [-0.1, -0.05) is 0 Å². The van der Waals surface area contributed by atoms with E-state index in [1.165, 1.54) is 6.92 Å². The van der Waals surface area contributed by atoms with Crippen LogP contribution in [0.4, 0.5) is 13.2 Å². The van der Waals surface area contributed by atoms with Gasteiger partial charge in [0, 0.05) is 0 Å². The number of nitrogens with one attached hydrogen (secondary N) is 1. The van der Waals surface area contributed by atoms with Crippen LogP contribution in [0.2, 0.25) is 0 Å². The van der Waals surface area contributed by atoms with Crippen molar-refractivity contribution >= 4 is 11.9 Å². The first kappa shape index (κ1) is 17.7. The predicted octanol–water partition coefficient (Wildman–Crippen LogP) is 1.41. The van der Waals surface area contributed by atoms with Crippen molar-refractivity contribution in [2.24, 2.45) is 0 Å². The maximum absolute atomic E-state index is 11.8. The summed E-state index contributed by atoms with van der Waals surface area (Å²) in [5.41, 5.74) is -0.706. The SMILES string of the molecule is C[C@@H](NC(=O)COCC(F)(F)F)C(=O)OC(C)(C)C. The normalized spacial score (nSPS) is 13.8. The number of carbonyl (C=O) groups excluding carboxylic acids is 2. The summed E-state index contributed by atoms with van der Waals surface area (Å²) in [6.45, 7) is 4.06. The number of hydrogen-bond acceptors (Lipinski definition) is 4. The van der Waals surface area contributed by atoms with Gasteiger partial charge in [-0.05, 0) is 27.7 Å². The average Bonchev–Trinajstić information content (AvgIpc) is 2.12. The second-order valence-corrected chi connectivity index (χ2v) is 4.93. The molecular formula is C11H18F3NO4. The minimum atomic E-state index is -4.49. The Labute approximate surface area is 109 Å². The average molecular weight is 285 g/mol. The molecule has 0 spiro atoms. The van der Waals surface area contributed by atoms with Gasteiger partial charge in [0.1, 0.15) is 24.9 Å². The number of hydrogen-bond donors (Lipinski definition) is 1. The summed E-state index contributed by atoms with van der Waals surface area (Å²) in [5, 5.41) is 2.18. The number of amides is 1. The molecule has 1 N–H and O–H groups in total. The summed E-state index contributed by atoms with van der Waals surface area (Å²) in [5.74, 6) is -1.49. The van der Waals surface area contributed by atoms with E-state index in [1.807, 2.05) is 0 Å². The summed E-state index contributed by atoms with van der Waals surface area (Å²) < 4.78 is 44.4. The molecule has 5 nitrogen and oxygen atoms in total. The van der Waals surface area contributed by atoms with Crippen molar-refractivity contribution in [1.82, 2.24) is 5.32 Å². The molecule has 0 aromatic rings. The molecule has 0 bridgehead atoms. The standard InChI is InChI=1S/C11H18F3NO4/c1-7(9(17)19-10(2,3)4)15-8(16)5-18-6-11(12,13)14/h7H,5-6H2,1-4H3,(H,15,16)/t7-/m1/s1. The van der Waals surface area contributed by atoms with E-state index in [2.05, 4.69) is 10.1 Å². The lowest BCUT2D eigenvalue weighted by atomic mass is 10.2. The Bertz CT molecular complexity index is 323. The first-order valence-electron chi connectivity index (χ1n) is 5.57. The third-order valence-corrected chi connectivity index (χ3v) is 1.64. The number of halogens is 3. The molecule has 0 saturated heterocycles. The van der Waals surface area contributed by atoms with E-state index in [-0.39, 0.29) is 0 Å². The topological polar surface area (TPSA) is 64.6 Å². The summed E-state index contributed by atoms with van der Waals surface area (Å²) in [6.07, 6.45) is -4.49. The molecule has 0 aliphatic rings. The second kappa shape index (κ2) is 6.74. The molecule has 1 atom stereocenters. The van der Waals surface area contributed by atoms with Crippen LogP contribution in [0.15, 0.2) is 0 Å². The lowest BCUT2D eigenvalue weighted by molar-refractivity contribution is -0.176. The largest absolute Gasteiger partial charge is 0.458 e. The highest BCUT2D eigenvalue weighted by atomic mass is 19.4. The van der Waals surface area contributed by atoms with Gasteiger partial charge in [-0.15, -0.1) is 0 Å². The summed E-state index contributed by atoms with van der Waals surface area (Å²) >= 11 is 0. The van der Waals surface area contributed by atoms with E-state index in [0.29, 0.717) is 0 Å². The van der Waals surface area contributed by atoms with Crippen LogP contribution in [0.5, 0.6) is 0 Å². The zero-order valence-corrected chi connectivity index (χ0v) is 11.3. The fourth-order valence-electron chi connectivity index (χ4n) is 0.992. The molecule has 0 aromatic carbocycles. The number of alkyl halides is 3. The van der Waals surface area contributed by atoms with Crippen LogP contribution in [0.3, 0.4) is 0 Å². The van der Waals surface area contributed by atoms with Gasteiger partial charge < -0.3 is 14.8 Å². The number of esters is 1. The van der Waals surface area contributed by atoms with Gasteiger partial charge in [0.05, 0.1) is 0 Å². The van der Waals surface area contributed by atoms with Crippen LogP contribution in [0, 0.1) is 0 Å². The first-order valence-corrected chi connectivity index (χ1v) is 5.57. The van der Waals surface area contributed by atoms with Crippen LogP contribution >= 0.6 is 0 Å². The van der Waals surface area contributed by atoms with Crippen molar-refractivity contribution in [2.45, 2.75) is 45.5 Å². The van der Waals surface area contributed by atoms with E-state index >= 15 is 0 Å². The van der Waals surface area contributed by atoms with Crippen molar-refractivity contribution in [3.05, 3.63) is 0 Å². The highest BCUT2D eigenvalue weighted by molar-refractivity contribution is 5.84. The molecule has 8 heteroatoms. The maximum Gasteiger partial charge on any atom is 0.411 e. The van der Waals surface area contributed by atoms with Crippen LogP contribution in [0.1, 0.15) is 27.7 Å². The molecule has 1 amide bonds. The van der Waals surface area contributed by atoms with Crippen LogP contribution in [-0.2, 0) is 19.1 Å². The minimum absolute atomic E-state index is 0.670. The Kier molecular flexibility index (Phi) is 6.28. The van der Waals surface area contributed by atoms with Crippen molar-refractivity contribution in [1.29, 1.82) is 0 Å². The maximum atomic E-state index is 11.8. The lowest BCUT2D eigenvalue weighted by Crippen LogP contribution is -2.43. The van der Waals surface area contributed by atoms with E-state index in [4.69, 9.17) is 4.74 Å². The summed E-state index contributed by atoms with van der Waals surface area (Å²) in [7, 11) is 0. The molecule has 0 heterocycles. The van der Waals surface area contributed by atoms with E-state index in [9.17, 15) is 22.8 Å². The Morgan fingerprint density at radius 1 is 1.21 bits per heavy atom. The van der Waals surface area contributed by atoms with Crippen LogP contribution < -0.4 is 5.32 Å². The van der Waals surface area contributed by atoms with Gasteiger partial charge in [0.2, 0.25) is 5.91 Å². The highest BCUT2D eigenvalue weighted by Crippen LogP contribution is 2.14. The number of ether oxygens (including phenoxy) is 2. The third-order valence-electron chi connectivity index (χ3n) is 1.64. The fourth-order valence-corrected chi connectivity index (χ4v) is 0.992. The summed E-state index contributed by atoms with van der Waals surface area (Å²) in [4.78, 5) is 22.7. The van der Waals surface area contributed by atoms with Crippen molar-refractivity contribution in [2.75, 3.05) is 13.2 Å². The Balaban J connectivity index is 4.02. The Morgan fingerprint density at radius 2 is 1.74 bits per heavy atom. The van der Waals surface area contributed by atoms with Crippen molar-refractivity contribution in [3.63, 3.8) is 0 Å². The Hall–Kier alpha value is -1.31. The van der Waals surface area contributed by atoms with Gasteiger partial charge >= 0.3 is 12.1 Å². The molecule has 0 radical (unpaired) electrons. The highest BCUT2D eigenvalue weighted by Gasteiger charge is 2.28. The van der Waals surface area contributed by atoms with Crippen LogP contribution in [0.25, 0.3) is 0 Å². The molecule has 0 saturated carbocycles. The molecule has 0 aliphatic carbocycles. The van der Waals surface area contributed by atoms with Gasteiger partial charge in [-0.3, -0.25) is 4.79 Å². The van der Waals surface area contributed by atoms with Crippen molar-refractivity contribution < 1.29 is 32.2 Å². The third kappa shape index (κ3) is 10.3. The summed E-state index contributed by atoms with van der Waals surface area (Å²) in [6, 6.07) is -0.957. The smallest absolute Gasteiger partial charge is 0.411 e. The van der Waals surface area contributed by atoms with E-state index in [0.717, 1.165) is 0 Å². The van der Waals surface area contributed by atoms with E-state index < -0.39 is 42.9 Å². The molecule has 0 fully saturated rings. The first-order chi connectivity index (χ1) is 8.41. The molecule has 19 heavy (non-hydrogen) atoms. The second-order valence-electron chi connectivity index (χ2n) is 4.93. The molecule has 112 valence electrons. The van der Waals surface area contributed by atoms with Gasteiger partial charge in [-0.2, -0.15) is 13.2 Å². The predicted molar refractivity (Wildman–Crippen MR) is 60.3 cm³/mol. The van der Waals surface area contributed by atoms with Crippen molar-refractivity contribution in [3.8, 4) is 0 Å². The zero-order chi connectivity index (χ0) is 15.3. The van der Waals surface area contributed by atoms with E-state index in [1.54, 1.807) is 20.8 Å². The molecule has 0 unspecified atom stereocenters. The number of rotatable bonds is 5. The molecule has 0 aromatic heterocycles. The Morgan fingerprint density at radius 3 is 2.16 bits per heavy atom. The quantitative estimate of drug-likeness (QED) is 0.776. The molecule has 0 aliphatic heterocycles. The fraction of sp³-hybridized carbons (Fsp3) is 0.818. The minimum Gasteiger partial charge on any atom is -0.458 e.